The molecule has 0 aliphatic rings. The summed E-state index contributed by atoms with van der Waals surface area (Å²) in [6, 6.07) is 12.7. The van der Waals surface area contributed by atoms with Crippen molar-refractivity contribution >= 4 is 35.3 Å². The average molecular weight is 468 g/mol. The lowest BCUT2D eigenvalue weighted by Crippen LogP contribution is -2.41. The number of methoxy groups -OCH3 is 1. The third-order valence-corrected chi connectivity index (χ3v) is 5.66. The number of allylic oxidation sites excluding steroid dienone is 1. The number of amides is 1. The molecule has 0 radical (unpaired) electrons. The van der Waals surface area contributed by atoms with Gasteiger partial charge >= 0.3 is 5.97 Å². The van der Waals surface area contributed by atoms with Gasteiger partial charge in [-0.25, -0.2) is 14.2 Å². The van der Waals surface area contributed by atoms with Crippen molar-refractivity contribution in [3.05, 3.63) is 89.8 Å². The number of halogens is 1. The van der Waals surface area contributed by atoms with Gasteiger partial charge in [0.15, 0.2) is 0 Å². The number of nitrogens with one attached hydrogen (secondary N) is 1. The van der Waals surface area contributed by atoms with Crippen molar-refractivity contribution in [1.29, 1.82) is 0 Å². The Bertz CT molecular complexity index is 1100. The predicted octanol–water partition coefficient (Wildman–Crippen LogP) is 4.29. The summed E-state index contributed by atoms with van der Waals surface area (Å²) in [5.74, 6) is -0.397. The highest BCUT2D eigenvalue weighted by molar-refractivity contribution is 7.98. The number of aromatic nitrogens is 2. The number of carbonyl (C=O) groups excluding carboxylic acids is 2. The highest BCUT2D eigenvalue weighted by atomic mass is 32.2. The Balaban J connectivity index is 1.86. The van der Waals surface area contributed by atoms with Crippen LogP contribution in [0.25, 0.3) is 11.6 Å². The number of imidazole rings is 1. The molecule has 0 bridgehead atoms. The maximum absolute atomic E-state index is 13.4. The van der Waals surface area contributed by atoms with E-state index < -0.39 is 12.0 Å². The van der Waals surface area contributed by atoms with E-state index in [1.165, 1.54) is 19.2 Å². The van der Waals surface area contributed by atoms with E-state index in [1.807, 2.05) is 29.2 Å². The molecule has 8 heteroatoms. The molecule has 1 atom stereocenters. The summed E-state index contributed by atoms with van der Waals surface area (Å²) in [5, 5.41) is 2.77. The molecule has 3 aromatic rings. The van der Waals surface area contributed by atoms with Crippen LogP contribution in [-0.2, 0) is 16.1 Å². The van der Waals surface area contributed by atoms with Gasteiger partial charge in [-0.1, -0.05) is 24.3 Å². The number of nitrogens with zero attached hydrogens (tertiary/aromatic N) is 2. The Labute approximate surface area is 196 Å². The van der Waals surface area contributed by atoms with Crippen molar-refractivity contribution in [2.45, 2.75) is 19.0 Å². The Morgan fingerprint density at radius 1 is 1.21 bits per heavy atom. The lowest BCUT2D eigenvalue weighted by molar-refractivity contribution is -0.142. The molecule has 1 heterocycles. The average Bonchev–Trinajstić information content (AvgIpc) is 3.34. The van der Waals surface area contributed by atoms with E-state index >= 15 is 0 Å². The fourth-order valence-electron chi connectivity index (χ4n) is 3.30. The number of carbonyl (C=O) groups is 2. The molecule has 0 saturated heterocycles. The maximum Gasteiger partial charge on any atom is 0.328 e. The van der Waals surface area contributed by atoms with Crippen LogP contribution < -0.4 is 5.32 Å². The lowest BCUT2D eigenvalue weighted by atomic mass is 10.0. The maximum atomic E-state index is 13.4. The van der Waals surface area contributed by atoms with Crippen molar-refractivity contribution in [3.63, 3.8) is 0 Å². The van der Waals surface area contributed by atoms with Gasteiger partial charge in [0, 0.05) is 24.5 Å². The largest absolute Gasteiger partial charge is 0.467 e. The topological polar surface area (TPSA) is 73.2 Å². The van der Waals surface area contributed by atoms with Crippen molar-refractivity contribution < 1.29 is 18.7 Å². The van der Waals surface area contributed by atoms with E-state index in [2.05, 4.69) is 10.3 Å². The van der Waals surface area contributed by atoms with E-state index in [0.717, 1.165) is 22.5 Å². The summed E-state index contributed by atoms with van der Waals surface area (Å²) in [6.07, 6.45) is 9.64. The molecule has 6 nitrogen and oxygen atoms in total. The van der Waals surface area contributed by atoms with E-state index in [1.54, 1.807) is 54.6 Å². The quantitative estimate of drug-likeness (QED) is 0.356. The summed E-state index contributed by atoms with van der Waals surface area (Å²) < 4.78 is 20.2. The van der Waals surface area contributed by atoms with Crippen LogP contribution in [0.3, 0.4) is 0 Å². The Morgan fingerprint density at radius 2 is 2.00 bits per heavy atom. The molecule has 3 rings (SSSR count). The molecule has 1 amide bonds. The highest BCUT2D eigenvalue weighted by Gasteiger charge is 2.21. The number of rotatable bonds is 10. The molecule has 0 fully saturated rings. The van der Waals surface area contributed by atoms with Crippen LogP contribution in [0.5, 0.6) is 0 Å². The van der Waals surface area contributed by atoms with Gasteiger partial charge in [0.05, 0.1) is 13.4 Å². The minimum absolute atomic E-state index is 0.305. The van der Waals surface area contributed by atoms with Gasteiger partial charge in [-0.3, -0.25) is 4.79 Å². The Morgan fingerprint density at radius 3 is 2.67 bits per heavy atom. The molecule has 0 saturated carbocycles. The van der Waals surface area contributed by atoms with Gasteiger partial charge in [0.25, 0.3) is 5.91 Å². The molecule has 1 N–H and O–H groups in total. The van der Waals surface area contributed by atoms with Crippen molar-refractivity contribution in [1.82, 2.24) is 14.9 Å². The Kier molecular flexibility index (Phi) is 8.83. The molecular weight excluding hydrogens is 441 g/mol. The molecule has 2 aromatic carbocycles. The van der Waals surface area contributed by atoms with Crippen LogP contribution in [0.1, 0.15) is 27.9 Å². The molecule has 0 spiro atoms. The standard InChI is InChI=1S/C25H26FN3O3S/c1-32-25(31)23(10-13-33-2)28-24(30)20-5-3-4-18(14-20)15-21(16-29-12-11-27-17-29)19-6-8-22(26)9-7-19/h3-9,11-12,14-15,17,23H,10,13,16H2,1-2H3,(H,28,30)/b21-15-/t23-/m1/s1. The number of benzene rings is 2. The minimum atomic E-state index is -0.704. The third-order valence-electron chi connectivity index (χ3n) is 5.02. The SMILES string of the molecule is COC(=O)[C@@H](CCSC)NC(=O)c1cccc(/C=C(/Cn2ccnc2)c2ccc(F)cc2)c1. The number of esters is 1. The van der Waals surface area contributed by atoms with Crippen LogP contribution in [0.4, 0.5) is 4.39 Å². The first-order chi connectivity index (χ1) is 16.0. The number of thioether (sulfide) groups is 1. The second-order valence-electron chi connectivity index (χ2n) is 7.37. The van der Waals surface area contributed by atoms with Crippen LogP contribution >= 0.6 is 11.8 Å². The van der Waals surface area contributed by atoms with E-state index in [9.17, 15) is 14.0 Å². The number of hydrogen-bond acceptors (Lipinski definition) is 5. The second kappa shape index (κ2) is 12.0. The van der Waals surface area contributed by atoms with Gasteiger partial charge in [0.2, 0.25) is 0 Å². The van der Waals surface area contributed by atoms with Crippen LogP contribution in [0.15, 0.2) is 67.3 Å². The zero-order valence-corrected chi connectivity index (χ0v) is 19.3. The molecular formula is C25H26FN3O3S. The predicted molar refractivity (Wildman–Crippen MR) is 129 cm³/mol. The summed E-state index contributed by atoms with van der Waals surface area (Å²) in [7, 11) is 1.31. The number of hydrogen-bond donors (Lipinski definition) is 1. The van der Waals surface area contributed by atoms with Crippen molar-refractivity contribution in [3.8, 4) is 0 Å². The summed E-state index contributed by atoms with van der Waals surface area (Å²) in [5.41, 5.74) is 3.03. The van der Waals surface area contributed by atoms with Gasteiger partial charge in [-0.05, 0) is 65.5 Å². The van der Waals surface area contributed by atoms with Crippen molar-refractivity contribution in [2.75, 3.05) is 19.1 Å². The number of ether oxygens (including phenoxy) is 1. The minimum Gasteiger partial charge on any atom is -0.467 e. The van der Waals surface area contributed by atoms with Crippen LogP contribution in [0.2, 0.25) is 0 Å². The van der Waals surface area contributed by atoms with E-state index in [0.29, 0.717) is 18.5 Å². The lowest BCUT2D eigenvalue weighted by Gasteiger charge is -2.16. The molecule has 1 aromatic heterocycles. The van der Waals surface area contributed by atoms with E-state index in [-0.39, 0.29) is 11.7 Å². The van der Waals surface area contributed by atoms with Gasteiger partial charge in [-0.15, -0.1) is 0 Å². The molecule has 0 aliphatic carbocycles. The first-order valence-corrected chi connectivity index (χ1v) is 11.8. The van der Waals surface area contributed by atoms with Gasteiger partial charge in [-0.2, -0.15) is 11.8 Å². The van der Waals surface area contributed by atoms with Gasteiger partial charge < -0.3 is 14.6 Å². The summed E-state index contributed by atoms with van der Waals surface area (Å²) in [4.78, 5) is 29.0. The zero-order valence-electron chi connectivity index (χ0n) is 18.5. The Hall–Kier alpha value is -3.39. The highest BCUT2D eigenvalue weighted by Crippen LogP contribution is 2.22. The fraction of sp³-hybridized carbons (Fsp3) is 0.240. The zero-order chi connectivity index (χ0) is 23.6. The molecule has 0 aliphatic heterocycles. The molecule has 33 heavy (non-hydrogen) atoms. The summed E-state index contributed by atoms with van der Waals surface area (Å²) >= 11 is 1.59. The van der Waals surface area contributed by atoms with E-state index in [4.69, 9.17) is 4.74 Å². The normalized spacial score (nSPS) is 12.3. The van der Waals surface area contributed by atoms with Gasteiger partial charge in [0.1, 0.15) is 11.9 Å². The summed E-state index contributed by atoms with van der Waals surface area (Å²) in [6.45, 7) is 0.529. The van der Waals surface area contributed by atoms with Crippen LogP contribution in [0, 0.1) is 5.82 Å². The smallest absolute Gasteiger partial charge is 0.328 e. The molecule has 172 valence electrons. The second-order valence-corrected chi connectivity index (χ2v) is 8.35. The molecule has 0 unspecified atom stereocenters. The first kappa shape index (κ1) is 24.3. The third kappa shape index (κ3) is 7.05. The fourth-order valence-corrected chi connectivity index (χ4v) is 3.77. The first-order valence-electron chi connectivity index (χ1n) is 10.4. The van der Waals surface area contributed by atoms with Crippen LogP contribution in [-0.4, -0.2) is 46.6 Å². The van der Waals surface area contributed by atoms with Crippen molar-refractivity contribution in [2.24, 2.45) is 0 Å². The monoisotopic (exact) mass is 467 g/mol.